The maximum Gasteiger partial charge on any atom is 0.230 e. The van der Waals surface area contributed by atoms with Crippen molar-refractivity contribution in [3.8, 4) is 0 Å². The SMILES string of the molecule is Cc1cccc(C(C(=O)N2CCCNCC2)C(C)C)c1. The van der Waals surface area contributed by atoms with Crippen LogP contribution in [0.1, 0.15) is 37.3 Å². The minimum absolute atomic E-state index is 0.0204. The number of aryl methyl sites for hydroxylation is 1. The van der Waals surface area contributed by atoms with Crippen LogP contribution in [0.4, 0.5) is 0 Å². The van der Waals surface area contributed by atoms with Gasteiger partial charge in [-0.3, -0.25) is 4.79 Å². The molecule has 110 valence electrons. The van der Waals surface area contributed by atoms with Gasteiger partial charge in [0.05, 0.1) is 5.92 Å². The molecule has 1 fully saturated rings. The molecule has 1 aliphatic rings. The van der Waals surface area contributed by atoms with E-state index in [1.807, 2.05) is 4.90 Å². The van der Waals surface area contributed by atoms with E-state index in [2.05, 4.69) is 50.4 Å². The molecule has 3 heteroatoms. The third kappa shape index (κ3) is 3.60. The molecule has 1 aromatic carbocycles. The number of benzene rings is 1. The highest BCUT2D eigenvalue weighted by molar-refractivity contribution is 5.84. The number of hydrogen-bond acceptors (Lipinski definition) is 2. The van der Waals surface area contributed by atoms with Crippen LogP contribution in [0.3, 0.4) is 0 Å². The first-order chi connectivity index (χ1) is 9.59. The Morgan fingerprint density at radius 3 is 2.75 bits per heavy atom. The number of carbonyl (C=O) groups is 1. The van der Waals surface area contributed by atoms with Gasteiger partial charge in [-0.25, -0.2) is 0 Å². The molecule has 1 amide bonds. The quantitative estimate of drug-likeness (QED) is 0.918. The first kappa shape index (κ1) is 15.0. The Bertz CT molecular complexity index is 448. The van der Waals surface area contributed by atoms with Gasteiger partial charge < -0.3 is 10.2 Å². The molecule has 1 aromatic rings. The van der Waals surface area contributed by atoms with Crippen LogP contribution in [0.2, 0.25) is 0 Å². The van der Waals surface area contributed by atoms with Crippen molar-refractivity contribution >= 4 is 5.91 Å². The standard InChI is InChI=1S/C17H26N2O/c1-13(2)16(15-7-4-6-14(3)12-15)17(20)19-10-5-8-18-9-11-19/h4,6-7,12-13,16,18H,5,8-11H2,1-3H3. The van der Waals surface area contributed by atoms with Crippen molar-refractivity contribution in [2.24, 2.45) is 5.92 Å². The third-order valence-electron chi connectivity index (χ3n) is 3.99. The van der Waals surface area contributed by atoms with E-state index in [1.54, 1.807) is 0 Å². The van der Waals surface area contributed by atoms with Gasteiger partial charge in [0.15, 0.2) is 0 Å². The van der Waals surface area contributed by atoms with Crippen molar-refractivity contribution in [3.05, 3.63) is 35.4 Å². The van der Waals surface area contributed by atoms with E-state index in [-0.39, 0.29) is 11.8 Å². The second-order valence-electron chi connectivity index (χ2n) is 6.06. The second-order valence-corrected chi connectivity index (χ2v) is 6.06. The summed E-state index contributed by atoms with van der Waals surface area (Å²) >= 11 is 0. The summed E-state index contributed by atoms with van der Waals surface area (Å²) in [5.41, 5.74) is 2.38. The number of nitrogens with zero attached hydrogens (tertiary/aromatic N) is 1. The zero-order valence-corrected chi connectivity index (χ0v) is 12.9. The fraction of sp³-hybridized carbons (Fsp3) is 0.588. The molecule has 0 aliphatic carbocycles. The Labute approximate surface area is 122 Å². The van der Waals surface area contributed by atoms with Gasteiger partial charge in [-0.05, 0) is 31.4 Å². The monoisotopic (exact) mass is 274 g/mol. The van der Waals surface area contributed by atoms with Gasteiger partial charge in [-0.15, -0.1) is 0 Å². The minimum Gasteiger partial charge on any atom is -0.341 e. The Morgan fingerprint density at radius 1 is 1.25 bits per heavy atom. The molecule has 1 aliphatic heterocycles. The smallest absolute Gasteiger partial charge is 0.230 e. The Balaban J connectivity index is 2.21. The summed E-state index contributed by atoms with van der Waals surface area (Å²) in [5.74, 6) is 0.586. The molecular formula is C17H26N2O. The topological polar surface area (TPSA) is 32.3 Å². The first-order valence-corrected chi connectivity index (χ1v) is 7.65. The average molecular weight is 274 g/mol. The first-order valence-electron chi connectivity index (χ1n) is 7.65. The summed E-state index contributed by atoms with van der Waals surface area (Å²) in [6.07, 6.45) is 1.05. The highest BCUT2D eigenvalue weighted by Gasteiger charge is 2.28. The van der Waals surface area contributed by atoms with Crippen LogP contribution >= 0.6 is 0 Å². The summed E-state index contributed by atoms with van der Waals surface area (Å²) in [4.78, 5) is 14.9. The zero-order valence-electron chi connectivity index (χ0n) is 12.9. The molecule has 1 N–H and O–H groups in total. The number of amides is 1. The molecule has 1 saturated heterocycles. The zero-order chi connectivity index (χ0) is 14.5. The maximum absolute atomic E-state index is 12.9. The van der Waals surface area contributed by atoms with Gasteiger partial charge in [0.1, 0.15) is 0 Å². The fourth-order valence-electron chi connectivity index (χ4n) is 2.94. The van der Waals surface area contributed by atoms with Crippen LogP contribution in [0.25, 0.3) is 0 Å². The van der Waals surface area contributed by atoms with E-state index >= 15 is 0 Å². The van der Waals surface area contributed by atoms with E-state index < -0.39 is 0 Å². The van der Waals surface area contributed by atoms with E-state index in [1.165, 1.54) is 5.56 Å². The van der Waals surface area contributed by atoms with Crippen molar-refractivity contribution in [3.63, 3.8) is 0 Å². The average Bonchev–Trinajstić information content (AvgIpc) is 2.67. The van der Waals surface area contributed by atoms with Crippen LogP contribution in [0.15, 0.2) is 24.3 Å². The molecule has 0 radical (unpaired) electrons. The molecule has 1 unspecified atom stereocenters. The summed E-state index contributed by atoms with van der Waals surface area (Å²) in [7, 11) is 0. The van der Waals surface area contributed by atoms with Gasteiger partial charge in [-0.2, -0.15) is 0 Å². The summed E-state index contributed by atoms with van der Waals surface area (Å²) in [6, 6.07) is 8.38. The molecule has 0 saturated carbocycles. The molecule has 3 nitrogen and oxygen atoms in total. The Morgan fingerprint density at radius 2 is 2.05 bits per heavy atom. The normalized spacial score (nSPS) is 17.9. The van der Waals surface area contributed by atoms with E-state index in [4.69, 9.17) is 0 Å². The van der Waals surface area contributed by atoms with Crippen LogP contribution in [-0.4, -0.2) is 37.0 Å². The minimum atomic E-state index is -0.0204. The van der Waals surface area contributed by atoms with E-state index in [0.717, 1.165) is 38.2 Å². The third-order valence-corrected chi connectivity index (χ3v) is 3.99. The van der Waals surface area contributed by atoms with Crippen molar-refractivity contribution in [1.82, 2.24) is 10.2 Å². The second kappa shape index (κ2) is 6.89. The molecule has 1 heterocycles. The molecule has 0 bridgehead atoms. The Kier molecular flexibility index (Phi) is 5.18. The lowest BCUT2D eigenvalue weighted by molar-refractivity contribution is -0.133. The fourth-order valence-corrected chi connectivity index (χ4v) is 2.94. The predicted molar refractivity (Wildman–Crippen MR) is 82.8 cm³/mol. The van der Waals surface area contributed by atoms with Crippen molar-refractivity contribution in [2.45, 2.75) is 33.1 Å². The predicted octanol–water partition coefficient (Wildman–Crippen LogP) is 2.56. The Hall–Kier alpha value is -1.35. The molecule has 0 spiro atoms. The largest absolute Gasteiger partial charge is 0.341 e. The molecule has 2 rings (SSSR count). The molecule has 0 aromatic heterocycles. The molecular weight excluding hydrogens is 248 g/mol. The number of hydrogen-bond donors (Lipinski definition) is 1. The van der Waals surface area contributed by atoms with Gasteiger partial charge >= 0.3 is 0 Å². The van der Waals surface area contributed by atoms with Gasteiger partial charge in [0.25, 0.3) is 0 Å². The van der Waals surface area contributed by atoms with Crippen LogP contribution < -0.4 is 5.32 Å². The van der Waals surface area contributed by atoms with E-state index in [0.29, 0.717) is 5.92 Å². The van der Waals surface area contributed by atoms with Crippen LogP contribution in [0.5, 0.6) is 0 Å². The maximum atomic E-state index is 12.9. The number of carbonyl (C=O) groups excluding carboxylic acids is 1. The molecule has 1 atom stereocenters. The van der Waals surface area contributed by atoms with Gasteiger partial charge in [-0.1, -0.05) is 43.7 Å². The number of nitrogens with one attached hydrogen (secondary N) is 1. The molecule has 20 heavy (non-hydrogen) atoms. The summed E-state index contributed by atoms with van der Waals surface area (Å²) in [6.45, 7) is 9.99. The van der Waals surface area contributed by atoms with Crippen LogP contribution in [0, 0.1) is 12.8 Å². The van der Waals surface area contributed by atoms with Crippen molar-refractivity contribution < 1.29 is 4.79 Å². The van der Waals surface area contributed by atoms with Crippen LogP contribution in [-0.2, 0) is 4.79 Å². The lowest BCUT2D eigenvalue weighted by atomic mass is 9.86. The lowest BCUT2D eigenvalue weighted by Crippen LogP contribution is -2.39. The van der Waals surface area contributed by atoms with Crippen molar-refractivity contribution in [2.75, 3.05) is 26.2 Å². The highest BCUT2D eigenvalue weighted by atomic mass is 16.2. The number of rotatable bonds is 3. The summed E-state index contributed by atoms with van der Waals surface area (Å²) < 4.78 is 0. The van der Waals surface area contributed by atoms with Gasteiger partial charge in [0, 0.05) is 19.6 Å². The van der Waals surface area contributed by atoms with E-state index in [9.17, 15) is 4.79 Å². The van der Waals surface area contributed by atoms with Crippen molar-refractivity contribution in [1.29, 1.82) is 0 Å². The summed E-state index contributed by atoms with van der Waals surface area (Å²) in [5, 5.41) is 3.36. The highest BCUT2D eigenvalue weighted by Crippen LogP contribution is 2.27. The lowest BCUT2D eigenvalue weighted by Gasteiger charge is -2.28. The van der Waals surface area contributed by atoms with Gasteiger partial charge in [0.2, 0.25) is 5.91 Å².